The number of benzene rings is 3. The van der Waals surface area contributed by atoms with Gasteiger partial charge in [-0.1, -0.05) is 23.5 Å². The number of hydrogen-bond donors (Lipinski definition) is 1. The summed E-state index contributed by atoms with van der Waals surface area (Å²) >= 11 is 1.05. The van der Waals surface area contributed by atoms with Crippen LogP contribution in [-0.4, -0.2) is 27.9 Å². The number of Topliss-reactive ketones (excluding diaryl/α,β-unsaturated/α-hetero) is 1. The zero-order valence-electron chi connectivity index (χ0n) is 18.9. The molecule has 1 N–H and O–H groups in total. The molecule has 0 spiro atoms. The second-order valence-corrected chi connectivity index (χ2v) is 9.79. The average Bonchev–Trinajstić information content (AvgIpc) is 3.51. The number of aromatic nitrogens is 1. The second-order valence-electron chi connectivity index (χ2n) is 8.78. The zero-order chi connectivity index (χ0) is 25.1. The molecule has 1 aromatic heterocycles. The van der Waals surface area contributed by atoms with Gasteiger partial charge in [0.25, 0.3) is 5.78 Å². The van der Waals surface area contributed by atoms with Crippen molar-refractivity contribution in [3.8, 4) is 5.75 Å². The molecule has 1 amide bonds. The Balaban J connectivity index is 1.53. The van der Waals surface area contributed by atoms with E-state index in [4.69, 9.17) is 4.74 Å². The number of halogens is 2. The van der Waals surface area contributed by atoms with Crippen molar-refractivity contribution in [1.29, 1.82) is 0 Å². The molecule has 6 rings (SSSR count). The molecular weight excluding hydrogens is 486 g/mol. The maximum atomic E-state index is 13.8. The van der Waals surface area contributed by atoms with Crippen LogP contribution in [0.4, 0.5) is 13.9 Å². The number of anilines is 1. The minimum atomic E-state index is -1.06. The minimum Gasteiger partial charge on any atom is -0.507 e. The number of nitrogens with zero attached hydrogens (tertiary/aromatic N) is 2. The van der Waals surface area contributed by atoms with Crippen LogP contribution in [0.2, 0.25) is 0 Å². The summed E-state index contributed by atoms with van der Waals surface area (Å²) in [6.07, 6.45) is 0.639. The predicted molar refractivity (Wildman–Crippen MR) is 131 cm³/mol. The van der Waals surface area contributed by atoms with E-state index < -0.39 is 29.4 Å². The van der Waals surface area contributed by atoms with Crippen molar-refractivity contribution in [2.24, 2.45) is 0 Å². The number of rotatable bonds is 3. The molecule has 1 saturated heterocycles. The molecule has 180 valence electrons. The smallest absolute Gasteiger partial charge is 0.301 e. The fourth-order valence-electron chi connectivity index (χ4n) is 4.70. The molecule has 36 heavy (non-hydrogen) atoms. The number of fused-ring (bicyclic) bond motifs is 2. The SMILES string of the molecule is C[C@H]1Cc2cc(/C(O)=C3\C(=O)C(=O)N(c4nc5ccc(F)cc5s4)[C@H]3c3ccc(F)cc3)ccc2O1. The van der Waals surface area contributed by atoms with Crippen LogP contribution < -0.4 is 9.64 Å². The molecule has 2 aliphatic rings. The summed E-state index contributed by atoms with van der Waals surface area (Å²) in [5, 5.41) is 11.5. The van der Waals surface area contributed by atoms with Crippen LogP contribution >= 0.6 is 11.3 Å². The second kappa shape index (κ2) is 8.23. The van der Waals surface area contributed by atoms with Gasteiger partial charge in [0.05, 0.1) is 21.8 Å². The number of thiazole rings is 1. The van der Waals surface area contributed by atoms with Crippen LogP contribution in [0.3, 0.4) is 0 Å². The van der Waals surface area contributed by atoms with Gasteiger partial charge in [-0.2, -0.15) is 0 Å². The van der Waals surface area contributed by atoms with E-state index in [0.29, 0.717) is 33.5 Å². The number of amides is 1. The fraction of sp³-hybridized carbons (Fsp3) is 0.148. The molecule has 2 atom stereocenters. The van der Waals surface area contributed by atoms with E-state index in [1.165, 1.54) is 47.4 Å². The lowest BCUT2D eigenvalue weighted by atomic mass is 9.94. The standard InChI is InChI=1S/C27H18F2N2O4S/c1-13-10-16-11-15(4-9-20(16)35-13)24(32)22-23(14-2-5-17(28)6-3-14)31(26(34)25(22)33)27-30-19-8-7-18(29)12-21(19)36-27/h2-9,11-13,23,32H,10H2,1H3/b24-22+/t13-,23-/m0/s1. The molecule has 4 aromatic rings. The summed E-state index contributed by atoms with van der Waals surface area (Å²) in [5.74, 6) is -2.36. The van der Waals surface area contributed by atoms with Gasteiger partial charge < -0.3 is 9.84 Å². The van der Waals surface area contributed by atoms with Crippen molar-refractivity contribution in [3.63, 3.8) is 0 Å². The highest BCUT2D eigenvalue weighted by Gasteiger charge is 2.48. The summed E-state index contributed by atoms with van der Waals surface area (Å²) in [6.45, 7) is 1.93. The Morgan fingerprint density at radius 1 is 1.06 bits per heavy atom. The summed E-state index contributed by atoms with van der Waals surface area (Å²) in [6, 6.07) is 13.4. The molecule has 3 heterocycles. The Morgan fingerprint density at radius 3 is 2.58 bits per heavy atom. The Labute approximate surface area is 208 Å². The van der Waals surface area contributed by atoms with E-state index in [2.05, 4.69) is 4.98 Å². The van der Waals surface area contributed by atoms with E-state index in [1.54, 1.807) is 18.2 Å². The van der Waals surface area contributed by atoms with Gasteiger partial charge in [0.15, 0.2) is 5.13 Å². The quantitative estimate of drug-likeness (QED) is 0.226. The highest BCUT2D eigenvalue weighted by atomic mass is 32.1. The lowest BCUT2D eigenvalue weighted by Crippen LogP contribution is -2.29. The summed E-state index contributed by atoms with van der Waals surface area (Å²) in [4.78, 5) is 32.3. The Bertz CT molecular complexity index is 1600. The highest BCUT2D eigenvalue weighted by molar-refractivity contribution is 7.22. The van der Waals surface area contributed by atoms with Gasteiger partial charge in [-0.05, 0) is 66.6 Å². The van der Waals surface area contributed by atoms with Crippen LogP contribution in [0.5, 0.6) is 5.75 Å². The van der Waals surface area contributed by atoms with Crippen LogP contribution in [0.1, 0.15) is 29.7 Å². The van der Waals surface area contributed by atoms with Crippen LogP contribution in [0.25, 0.3) is 16.0 Å². The lowest BCUT2D eigenvalue weighted by molar-refractivity contribution is -0.132. The average molecular weight is 505 g/mol. The fourth-order valence-corrected chi connectivity index (χ4v) is 5.72. The zero-order valence-corrected chi connectivity index (χ0v) is 19.7. The number of ether oxygens (including phenoxy) is 1. The molecule has 0 radical (unpaired) electrons. The van der Waals surface area contributed by atoms with E-state index in [0.717, 1.165) is 16.9 Å². The summed E-state index contributed by atoms with van der Waals surface area (Å²) in [7, 11) is 0. The van der Waals surface area contributed by atoms with Crippen molar-refractivity contribution in [2.75, 3.05) is 4.90 Å². The van der Waals surface area contributed by atoms with Gasteiger partial charge >= 0.3 is 5.91 Å². The molecular formula is C27H18F2N2O4S. The third-order valence-corrected chi connectivity index (χ3v) is 7.36. The van der Waals surface area contributed by atoms with Crippen molar-refractivity contribution < 1.29 is 28.2 Å². The summed E-state index contributed by atoms with van der Waals surface area (Å²) in [5.41, 5.74) is 1.99. The van der Waals surface area contributed by atoms with Crippen molar-refractivity contribution in [2.45, 2.75) is 25.5 Å². The van der Waals surface area contributed by atoms with Crippen LogP contribution in [0, 0.1) is 11.6 Å². The van der Waals surface area contributed by atoms with Gasteiger partial charge in [-0.15, -0.1) is 0 Å². The van der Waals surface area contributed by atoms with Gasteiger partial charge in [0, 0.05) is 12.0 Å². The molecule has 9 heteroatoms. The number of carbonyl (C=O) groups excluding carboxylic acids is 2. The first kappa shape index (κ1) is 22.4. The molecule has 0 bridgehead atoms. The number of aliphatic hydroxyl groups excluding tert-OH is 1. The Kier molecular flexibility index (Phi) is 5.11. The van der Waals surface area contributed by atoms with Gasteiger partial charge in [0.2, 0.25) is 0 Å². The number of hydrogen-bond acceptors (Lipinski definition) is 6. The molecule has 2 aliphatic heterocycles. The molecule has 3 aromatic carbocycles. The first-order valence-electron chi connectivity index (χ1n) is 11.2. The normalized spacial score (nSPS) is 20.7. The predicted octanol–water partition coefficient (Wildman–Crippen LogP) is 5.52. The number of carbonyl (C=O) groups is 2. The van der Waals surface area contributed by atoms with E-state index >= 15 is 0 Å². The first-order valence-corrected chi connectivity index (χ1v) is 12.0. The maximum Gasteiger partial charge on any atom is 0.301 e. The van der Waals surface area contributed by atoms with E-state index in [1.807, 2.05) is 6.92 Å². The highest BCUT2D eigenvalue weighted by Crippen LogP contribution is 2.45. The van der Waals surface area contributed by atoms with Crippen LogP contribution in [0.15, 0.2) is 66.2 Å². The number of aliphatic hydroxyl groups is 1. The van der Waals surface area contributed by atoms with Crippen molar-refractivity contribution >= 4 is 44.1 Å². The van der Waals surface area contributed by atoms with Gasteiger partial charge in [0.1, 0.15) is 29.2 Å². The van der Waals surface area contributed by atoms with Crippen molar-refractivity contribution in [3.05, 3.63) is 94.6 Å². The molecule has 1 fully saturated rings. The monoisotopic (exact) mass is 504 g/mol. The number of ketones is 1. The molecule has 0 aliphatic carbocycles. The molecule has 6 nitrogen and oxygen atoms in total. The lowest BCUT2D eigenvalue weighted by Gasteiger charge is -2.23. The molecule has 0 unspecified atom stereocenters. The maximum absolute atomic E-state index is 13.8. The van der Waals surface area contributed by atoms with Crippen molar-refractivity contribution in [1.82, 2.24) is 4.98 Å². The van der Waals surface area contributed by atoms with Gasteiger partial charge in [-0.3, -0.25) is 14.5 Å². The Hall–Kier alpha value is -4.11. The Morgan fingerprint density at radius 2 is 1.81 bits per heavy atom. The molecule has 0 saturated carbocycles. The summed E-state index contributed by atoms with van der Waals surface area (Å²) < 4.78 is 33.7. The van der Waals surface area contributed by atoms with E-state index in [9.17, 15) is 23.5 Å². The first-order chi connectivity index (χ1) is 17.3. The third-order valence-electron chi connectivity index (χ3n) is 6.34. The van der Waals surface area contributed by atoms with Gasteiger partial charge in [-0.25, -0.2) is 13.8 Å². The van der Waals surface area contributed by atoms with Crippen LogP contribution in [-0.2, 0) is 16.0 Å². The largest absolute Gasteiger partial charge is 0.507 e. The minimum absolute atomic E-state index is 0.00827. The topological polar surface area (TPSA) is 79.7 Å². The van der Waals surface area contributed by atoms with E-state index in [-0.39, 0.29) is 22.6 Å². The third kappa shape index (κ3) is 3.54.